The molecule has 3 N–H and O–H groups in total. The zero-order chi connectivity index (χ0) is 14.1. The van der Waals surface area contributed by atoms with Gasteiger partial charge in [0.25, 0.3) is 0 Å². The number of para-hydroxylation sites is 1. The van der Waals surface area contributed by atoms with Crippen LogP contribution in [0.25, 0.3) is 0 Å². The lowest BCUT2D eigenvalue weighted by molar-refractivity contribution is 0.300. The molecule has 0 atom stereocenters. The van der Waals surface area contributed by atoms with Gasteiger partial charge < -0.3 is 15.7 Å². The third-order valence-corrected chi connectivity index (χ3v) is 3.09. The van der Waals surface area contributed by atoms with Gasteiger partial charge in [0, 0.05) is 0 Å². The molecule has 4 heteroatoms. The summed E-state index contributed by atoms with van der Waals surface area (Å²) < 4.78 is 5.80. The first-order chi connectivity index (χ1) is 9.20. The number of unbranched alkanes of at least 4 members (excludes halogenated alkanes) is 4. The van der Waals surface area contributed by atoms with Crippen LogP contribution in [0.4, 0.5) is 0 Å². The fourth-order valence-corrected chi connectivity index (χ4v) is 1.98. The second-order valence-corrected chi connectivity index (χ2v) is 4.70. The van der Waals surface area contributed by atoms with Crippen molar-refractivity contribution in [1.29, 1.82) is 0 Å². The Morgan fingerprint density at radius 2 is 2.00 bits per heavy atom. The maximum absolute atomic E-state index is 8.78. The molecule has 0 aromatic heterocycles. The molecule has 1 rings (SSSR count). The van der Waals surface area contributed by atoms with E-state index in [2.05, 4.69) is 12.1 Å². The summed E-state index contributed by atoms with van der Waals surface area (Å²) in [7, 11) is 0. The van der Waals surface area contributed by atoms with Gasteiger partial charge in [-0.05, 0) is 25.0 Å². The second kappa shape index (κ2) is 8.40. The number of ether oxygens (including phenoxy) is 1. The summed E-state index contributed by atoms with van der Waals surface area (Å²) in [5.41, 5.74) is 7.30. The molecule has 0 amide bonds. The first-order valence-corrected chi connectivity index (χ1v) is 6.91. The quantitative estimate of drug-likeness (QED) is 0.248. The molecule has 0 aliphatic rings. The van der Waals surface area contributed by atoms with Crippen molar-refractivity contribution in [3.8, 4) is 5.75 Å². The van der Waals surface area contributed by atoms with E-state index in [9.17, 15) is 0 Å². The summed E-state index contributed by atoms with van der Waals surface area (Å²) in [5, 5.41) is 11.8. The van der Waals surface area contributed by atoms with Crippen LogP contribution in [0, 0.1) is 6.92 Å². The molecule has 4 nitrogen and oxygen atoms in total. The molecule has 0 spiro atoms. The maximum atomic E-state index is 8.78. The molecule has 0 aliphatic heterocycles. The van der Waals surface area contributed by atoms with Gasteiger partial charge in [-0.3, -0.25) is 0 Å². The van der Waals surface area contributed by atoms with Crippen LogP contribution in [0.5, 0.6) is 5.75 Å². The minimum Gasteiger partial charge on any atom is -0.493 e. The summed E-state index contributed by atoms with van der Waals surface area (Å²) in [4.78, 5) is 0. The normalized spacial score (nSPS) is 11.6. The van der Waals surface area contributed by atoms with E-state index in [1.54, 1.807) is 6.07 Å². The fraction of sp³-hybridized carbons (Fsp3) is 0.533. The molecule has 1 aromatic carbocycles. The lowest BCUT2D eigenvalue weighted by atomic mass is 10.1. The largest absolute Gasteiger partial charge is 0.493 e. The molecule has 0 aliphatic carbocycles. The van der Waals surface area contributed by atoms with E-state index in [0.29, 0.717) is 17.9 Å². The van der Waals surface area contributed by atoms with Crippen molar-refractivity contribution in [2.24, 2.45) is 10.9 Å². The maximum Gasteiger partial charge on any atom is 0.173 e. The zero-order valence-electron chi connectivity index (χ0n) is 11.9. The highest BCUT2D eigenvalue weighted by Gasteiger charge is 2.10. The number of amidine groups is 1. The van der Waals surface area contributed by atoms with Crippen LogP contribution in [-0.2, 0) is 0 Å². The highest BCUT2D eigenvalue weighted by atomic mass is 16.5. The van der Waals surface area contributed by atoms with Gasteiger partial charge in [0.1, 0.15) is 5.75 Å². The van der Waals surface area contributed by atoms with Crippen molar-refractivity contribution >= 4 is 5.84 Å². The first-order valence-electron chi connectivity index (χ1n) is 6.91. The molecule has 1 aromatic rings. The molecule has 106 valence electrons. The summed E-state index contributed by atoms with van der Waals surface area (Å²) >= 11 is 0. The Morgan fingerprint density at radius 3 is 2.68 bits per heavy atom. The predicted octanol–water partition coefficient (Wildman–Crippen LogP) is 3.44. The summed E-state index contributed by atoms with van der Waals surface area (Å²) in [5.74, 6) is 0.804. The van der Waals surface area contributed by atoms with Gasteiger partial charge in [-0.25, -0.2) is 0 Å². The Hall–Kier alpha value is -1.71. The number of oxime groups is 1. The minimum atomic E-state index is 0.0877. The molecule has 0 saturated carbocycles. The van der Waals surface area contributed by atoms with Crippen molar-refractivity contribution in [2.75, 3.05) is 6.61 Å². The zero-order valence-corrected chi connectivity index (χ0v) is 11.9. The van der Waals surface area contributed by atoms with Gasteiger partial charge in [0.05, 0.1) is 12.2 Å². The van der Waals surface area contributed by atoms with E-state index in [1.807, 2.05) is 19.1 Å². The first kappa shape index (κ1) is 15.3. The average molecular weight is 264 g/mol. The molecular weight excluding hydrogens is 240 g/mol. The Labute approximate surface area is 115 Å². The lowest BCUT2D eigenvalue weighted by Gasteiger charge is -2.13. The molecule has 0 radical (unpaired) electrons. The molecular formula is C15H24N2O2. The van der Waals surface area contributed by atoms with E-state index in [4.69, 9.17) is 15.7 Å². The number of benzene rings is 1. The molecule has 0 fully saturated rings. The van der Waals surface area contributed by atoms with Crippen molar-refractivity contribution in [2.45, 2.75) is 46.0 Å². The lowest BCUT2D eigenvalue weighted by Crippen LogP contribution is -2.15. The summed E-state index contributed by atoms with van der Waals surface area (Å²) in [6.45, 7) is 4.83. The van der Waals surface area contributed by atoms with Crippen LogP contribution < -0.4 is 10.5 Å². The van der Waals surface area contributed by atoms with Gasteiger partial charge in [-0.2, -0.15) is 0 Å². The van der Waals surface area contributed by atoms with Crippen LogP contribution in [-0.4, -0.2) is 17.6 Å². The van der Waals surface area contributed by atoms with Crippen molar-refractivity contribution in [3.05, 3.63) is 29.3 Å². The van der Waals surface area contributed by atoms with Gasteiger partial charge >= 0.3 is 0 Å². The van der Waals surface area contributed by atoms with Crippen LogP contribution in [0.1, 0.15) is 50.2 Å². The summed E-state index contributed by atoms with van der Waals surface area (Å²) in [6.07, 6.45) is 5.98. The van der Waals surface area contributed by atoms with Crippen molar-refractivity contribution in [3.63, 3.8) is 0 Å². The number of aryl methyl sites for hydroxylation is 1. The van der Waals surface area contributed by atoms with Crippen LogP contribution in [0.15, 0.2) is 23.4 Å². The van der Waals surface area contributed by atoms with E-state index in [1.165, 1.54) is 25.7 Å². The Morgan fingerprint density at radius 1 is 1.26 bits per heavy atom. The third-order valence-electron chi connectivity index (χ3n) is 3.09. The smallest absolute Gasteiger partial charge is 0.173 e. The van der Waals surface area contributed by atoms with E-state index in [-0.39, 0.29) is 5.84 Å². The van der Waals surface area contributed by atoms with Gasteiger partial charge in [-0.15, -0.1) is 0 Å². The monoisotopic (exact) mass is 264 g/mol. The number of nitrogens with two attached hydrogens (primary N) is 1. The Kier molecular flexibility index (Phi) is 6.79. The Bertz CT molecular complexity index is 417. The molecule has 0 saturated heterocycles. The molecule has 0 bridgehead atoms. The topological polar surface area (TPSA) is 67.8 Å². The van der Waals surface area contributed by atoms with Gasteiger partial charge in [-0.1, -0.05) is 49.9 Å². The highest BCUT2D eigenvalue weighted by Crippen LogP contribution is 2.23. The van der Waals surface area contributed by atoms with Crippen molar-refractivity contribution in [1.82, 2.24) is 0 Å². The highest BCUT2D eigenvalue weighted by molar-refractivity contribution is 5.99. The van der Waals surface area contributed by atoms with Gasteiger partial charge in [0.15, 0.2) is 5.84 Å². The Balaban J connectivity index is 2.57. The summed E-state index contributed by atoms with van der Waals surface area (Å²) in [6, 6.07) is 5.63. The number of hydrogen-bond donors (Lipinski definition) is 2. The van der Waals surface area contributed by atoms with Gasteiger partial charge in [0.2, 0.25) is 0 Å². The second-order valence-electron chi connectivity index (χ2n) is 4.70. The molecule has 0 heterocycles. The minimum absolute atomic E-state index is 0.0877. The fourth-order valence-electron chi connectivity index (χ4n) is 1.98. The predicted molar refractivity (Wildman–Crippen MR) is 77.9 cm³/mol. The van der Waals surface area contributed by atoms with Crippen LogP contribution in [0.3, 0.4) is 0 Å². The van der Waals surface area contributed by atoms with E-state index >= 15 is 0 Å². The van der Waals surface area contributed by atoms with E-state index in [0.717, 1.165) is 12.0 Å². The standard InChI is InChI=1S/C15H24N2O2/c1-3-4-5-6-7-11-19-14-12(2)9-8-10-13(14)15(16)17-18/h8-10,18H,3-7,11H2,1-2H3,(H2,16,17). The average Bonchev–Trinajstić information content (AvgIpc) is 2.43. The number of hydrogen-bond acceptors (Lipinski definition) is 3. The third kappa shape index (κ3) is 4.81. The van der Waals surface area contributed by atoms with E-state index < -0.39 is 0 Å². The van der Waals surface area contributed by atoms with Crippen molar-refractivity contribution < 1.29 is 9.94 Å². The SMILES string of the molecule is CCCCCCCOc1c(C)cccc1/C(N)=N/O. The molecule has 0 unspecified atom stereocenters. The van der Waals surface area contributed by atoms with Crippen LogP contribution >= 0.6 is 0 Å². The molecule has 19 heavy (non-hydrogen) atoms. The number of rotatable bonds is 8. The van der Waals surface area contributed by atoms with Crippen LogP contribution in [0.2, 0.25) is 0 Å². The number of nitrogens with zero attached hydrogens (tertiary/aromatic N) is 1.